The van der Waals surface area contributed by atoms with Crippen molar-refractivity contribution in [3.05, 3.63) is 35.4 Å². The molecule has 1 aliphatic carbocycles. The maximum Gasteiger partial charge on any atom is 0.416 e. The molecule has 152 valence electrons. The monoisotopic (exact) mass is 399 g/mol. The average Bonchev–Trinajstić information content (AvgIpc) is 3.20. The third-order valence-corrected chi connectivity index (χ3v) is 5.07. The predicted molar refractivity (Wildman–Crippen MR) is 91.4 cm³/mol. The minimum atomic E-state index is -4.50. The number of ether oxygens (including phenoxy) is 2. The van der Waals surface area contributed by atoms with Gasteiger partial charge in [0.2, 0.25) is 0 Å². The van der Waals surface area contributed by atoms with Gasteiger partial charge in [0, 0.05) is 5.92 Å². The van der Waals surface area contributed by atoms with Crippen molar-refractivity contribution in [2.45, 2.75) is 32.4 Å². The molecule has 0 radical (unpaired) electrons. The first-order valence-corrected chi connectivity index (χ1v) is 8.97. The van der Waals surface area contributed by atoms with Crippen LogP contribution in [-0.4, -0.2) is 37.5 Å². The Morgan fingerprint density at radius 2 is 1.71 bits per heavy atom. The summed E-state index contributed by atoms with van der Waals surface area (Å²) < 4.78 is 49.1. The molecule has 2 aliphatic rings. The van der Waals surface area contributed by atoms with Crippen molar-refractivity contribution >= 4 is 17.7 Å². The van der Waals surface area contributed by atoms with E-state index in [1.54, 1.807) is 13.8 Å². The van der Waals surface area contributed by atoms with E-state index in [1.165, 1.54) is 12.1 Å². The van der Waals surface area contributed by atoms with Crippen LogP contribution in [0.2, 0.25) is 0 Å². The zero-order valence-corrected chi connectivity index (χ0v) is 15.4. The summed E-state index contributed by atoms with van der Waals surface area (Å²) in [7, 11) is 0. The van der Waals surface area contributed by atoms with Crippen LogP contribution in [0.4, 0.5) is 13.2 Å². The molecule has 1 aliphatic heterocycles. The van der Waals surface area contributed by atoms with E-state index >= 15 is 0 Å². The molecule has 0 spiro atoms. The van der Waals surface area contributed by atoms with Gasteiger partial charge in [0.1, 0.15) is 6.61 Å². The standard InChI is InChI=1S/C19H20F3NO5/c1-3-26-16(24)18(17(25)27-4-2)9-12-10-28-23-15(12)14(18)11-5-7-13(8-6-11)19(20,21)22/h5-8,12,14H,3-4,9-10H2,1-2H3/t12-,14+/m0/s1. The molecule has 0 aromatic heterocycles. The second-order valence-corrected chi connectivity index (χ2v) is 6.68. The van der Waals surface area contributed by atoms with Crippen molar-refractivity contribution in [1.82, 2.24) is 0 Å². The summed E-state index contributed by atoms with van der Waals surface area (Å²) in [4.78, 5) is 31.0. The first kappa shape index (κ1) is 20.2. The highest BCUT2D eigenvalue weighted by Gasteiger charge is 2.65. The van der Waals surface area contributed by atoms with Crippen LogP contribution in [0.3, 0.4) is 0 Å². The van der Waals surface area contributed by atoms with E-state index in [9.17, 15) is 22.8 Å². The minimum absolute atomic E-state index is 0.0490. The highest BCUT2D eigenvalue weighted by Crippen LogP contribution is 2.54. The molecule has 1 aromatic rings. The van der Waals surface area contributed by atoms with Gasteiger partial charge in [0.15, 0.2) is 5.41 Å². The predicted octanol–water partition coefficient (Wildman–Crippen LogP) is 3.31. The Balaban J connectivity index is 2.12. The molecule has 1 heterocycles. The van der Waals surface area contributed by atoms with E-state index in [2.05, 4.69) is 5.16 Å². The van der Waals surface area contributed by atoms with Crippen molar-refractivity contribution in [2.75, 3.05) is 19.8 Å². The quantitative estimate of drug-likeness (QED) is 0.561. The van der Waals surface area contributed by atoms with Crippen LogP contribution in [0, 0.1) is 11.3 Å². The van der Waals surface area contributed by atoms with E-state index in [-0.39, 0.29) is 32.2 Å². The normalized spacial score (nSPS) is 22.8. The Morgan fingerprint density at radius 1 is 1.14 bits per heavy atom. The smallest absolute Gasteiger partial charge is 0.416 e. The van der Waals surface area contributed by atoms with Crippen molar-refractivity contribution in [2.24, 2.45) is 16.5 Å². The molecular formula is C19H20F3NO5. The minimum Gasteiger partial charge on any atom is -0.465 e. The number of esters is 2. The Morgan fingerprint density at radius 3 is 2.21 bits per heavy atom. The largest absolute Gasteiger partial charge is 0.465 e. The van der Waals surface area contributed by atoms with Crippen LogP contribution in [0.25, 0.3) is 0 Å². The molecular weight excluding hydrogens is 379 g/mol. The number of carbonyl (C=O) groups excluding carboxylic acids is 2. The lowest BCUT2D eigenvalue weighted by atomic mass is 9.73. The van der Waals surface area contributed by atoms with E-state index in [0.29, 0.717) is 11.3 Å². The second kappa shape index (κ2) is 7.44. The van der Waals surface area contributed by atoms with Crippen molar-refractivity contribution in [3.8, 4) is 0 Å². The van der Waals surface area contributed by atoms with Gasteiger partial charge < -0.3 is 14.3 Å². The second-order valence-electron chi connectivity index (χ2n) is 6.68. The lowest BCUT2D eigenvalue weighted by molar-refractivity contribution is -0.173. The van der Waals surface area contributed by atoms with Crippen molar-refractivity contribution in [1.29, 1.82) is 0 Å². The van der Waals surface area contributed by atoms with Crippen LogP contribution in [0.1, 0.15) is 37.3 Å². The number of rotatable bonds is 5. The van der Waals surface area contributed by atoms with E-state index in [4.69, 9.17) is 14.3 Å². The summed E-state index contributed by atoms with van der Waals surface area (Å²) >= 11 is 0. The van der Waals surface area contributed by atoms with Gasteiger partial charge in [-0.25, -0.2) is 0 Å². The third-order valence-electron chi connectivity index (χ3n) is 5.07. The Kier molecular flexibility index (Phi) is 5.36. The van der Waals surface area contributed by atoms with Crippen LogP contribution in [-0.2, 0) is 30.1 Å². The number of halogens is 3. The zero-order valence-electron chi connectivity index (χ0n) is 15.4. The summed E-state index contributed by atoms with van der Waals surface area (Å²) in [6.07, 6.45) is -4.43. The third kappa shape index (κ3) is 3.22. The molecule has 1 saturated carbocycles. The van der Waals surface area contributed by atoms with Crippen LogP contribution in [0.15, 0.2) is 29.4 Å². The number of alkyl halides is 3. The summed E-state index contributed by atoms with van der Waals surface area (Å²) in [6.45, 7) is 3.51. The summed E-state index contributed by atoms with van der Waals surface area (Å²) in [5.41, 5.74) is -1.74. The van der Waals surface area contributed by atoms with E-state index in [0.717, 1.165) is 12.1 Å². The lowest BCUT2D eigenvalue weighted by Crippen LogP contribution is -2.45. The fourth-order valence-electron chi connectivity index (χ4n) is 3.90. The number of hydrogen-bond acceptors (Lipinski definition) is 6. The summed E-state index contributed by atoms with van der Waals surface area (Å²) in [6, 6.07) is 4.34. The zero-order chi connectivity index (χ0) is 20.5. The van der Waals surface area contributed by atoms with Gasteiger partial charge in [-0.15, -0.1) is 0 Å². The molecule has 0 bridgehead atoms. The van der Waals surface area contributed by atoms with Gasteiger partial charge >= 0.3 is 18.1 Å². The topological polar surface area (TPSA) is 74.2 Å². The molecule has 0 saturated heterocycles. The molecule has 0 N–H and O–H groups in total. The van der Waals surface area contributed by atoms with E-state index < -0.39 is 35.0 Å². The van der Waals surface area contributed by atoms with Gasteiger partial charge in [0.05, 0.1) is 30.4 Å². The summed E-state index contributed by atoms with van der Waals surface area (Å²) in [5.74, 6) is -2.77. The van der Waals surface area contributed by atoms with Gasteiger partial charge in [-0.3, -0.25) is 9.59 Å². The maximum atomic E-state index is 12.9. The molecule has 1 aromatic carbocycles. The van der Waals surface area contributed by atoms with Crippen LogP contribution in [0.5, 0.6) is 0 Å². The highest BCUT2D eigenvalue weighted by atomic mass is 19.4. The number of benzene rings is 1. The van der Waals surface area contributed by atoms with Crippen molar-refractivity contribution < 1.29 is 37.1 Å². The molecule has 9 heteroatoms. The van der Waals surface area contributed by atoms with Gasteiger partial charge in [-0.2, -0.15) is 13.2 Å². The molecule has 28 heavy (non-hydrogen) atoms. The first-order chi connectivity index (χ1) is 13.3. The number of oxime groups is 1. The number of hydrogen-bond donors (Lipinski definition) is 0. The number of nitrogens with zero attached hydrogens (tertiary/aromatic N) is 1. The average molecular weight is 399 g/mol. The Bertz CT molecular complexity index is 770. The molecule has 2 atom stereocenters. The maximum absolute atomic E-state index is 12.9. The molecule has 1 fully saturated rings. The first-order valence-electron chi connectivity index (χ1n) is 8.97. The summed E-state index contributed by atoms with van der Waals surface area (Å²) in [5, 5.41) is 3.99. The molecule has 0 unspecified atom stereocenters. The molecule has 3 rings (SSSR count). The van der Waals surface area contributed by atoms with Gasteiger partial charge in [-0.05, 0) is 38.0 Å². The Hall–Kier alpha value is -2.58. The van der Waals surface area contributed by atoms with Crippen molar-refractivity contribution in [3.63, 3.8) is 0 Å². The highest BCUT2D eigenvalue weighted by molar-refractivity contribution is 6.12. The molecule has 6 nitrogen and oxygen atoms in total. The number of fused-ring (bicyclic) bond motifs is 1. The van der Waals surface area contributed by atoms with Gasteiger partial charge in [-0.1, -0.05) is 17.3 Å². The van der Waals surface area contributed by atoms with Crippen LogP contribution < -0.4 is 0 Å². The lowest BCUT2D eigenvalue weighted by Gasteiger charge is -2.31. The van der Waals surface area contributed by atoms with E-state index in [1.807, 2.05) is 0 Å². The SMILES string of the molecule is CCOC(=O)C1(C(=O)OCC)C[C@H]2CON=C2[C@H]1c1ccc(C(F)(F)F)cc1. The molecule has 0 amide bonds. The number of carbonyl (C=O) groups is 2. The fourth-order valence-corrected chi connectivity index (χ4v) is 3.90. The van der Waals surface area contributed by atoms with Crippen LogP contribution >= 0.6 is 0 Å². The Labute approximate surface area is 159 Å². The fraction of sp³-hybridized carbons (Fsp3) is 0.526. The van der Waals surface area contributed by atoms with Gasteiger partial charge in [0.25, 0.3) is 0 Å².